The summed E-state index contributed by atoms with van der Waals surface area (Å²) in [4.78, 5) is 14.2. The Labute approximate surface area is 189 Å². The molecule has 3 aliphatic rings. The summed E-state index contributed by atoms with van der Waals surface area (Å²) < 4.78 is 36.6. The number of carbonyl (C=O) groups is 1. The van der Waals surface area contributed by atoms with Gasteiger partial charge in [-0.1, -0.05) is 52.4 Å². The monoisotopic (exact) mass is 457 g/mol. The molecule has 2 saturated heterocycles. The van der Waals surface area contributed by atoms with Gasteiger partial charge in [-0.05, 0) is 45.4 Å². The smallest absolute Gasteiger partial charge is 0.410 e. The largest absolute Gasteiger partial charge is 0.444 e. The van der Waals surface area contributed by atoms with Crippen molar-refractivity contribution in [2.75, 3.05) is 26.2 Å². The molecule has 1 saturated carbocycles. The topological polar surface area (TPSA) is 70.2 Å². The van der Waals surface area contributed by atoms with E-state index >= 15 is 0 Å². The molecule has 1 amide bonds. The highest BCUT2D eigenvalue weighted by Crippen LogP contribution is 2.36. The fraction of sp³-hybridized carbons (Fsp3) is 0.957. The minimum atomic E-state index is -3.55. The van der Waals surface area contributed by atoms with E-state index in [0.29, 0.717) is 32.6 Å². The lowest BCUT2D eigenvalue weighted by Crippen LogP contribution is -2.62. The Morgan fingerprint density at radius 3 is 1.94 bits per heavy atom. The second-order valence-electron chi connectivity index (χ2n) is 11.5. The second-order valence-corrected chi connectivity index (χ2v) is 13.3. The van der Waals surface area contributed by atoms with Crippen molar-refractivity contribution in [2.24, 2.45) is 5.41 Å². The van der Waals surface area contributed by atoms with Crippen LogP contribution in [-0.4, -0.2) is 71.9 Å². The van der Waals surface area contributed by atoms with Gasteiger partial charge >= 0.3 is 6.09 Å². The molecule has 2 heterocycles. The van der Waals surface area contributed by atoms with Gasteiger partial charge in [0.15, 0.2) is 0 Å². The SMILES string of the molecule is CC1(C)CN(C2CCCCCCCC2)S(=O)(=O)N([C@@H]2CCN(C(=O)OC(C)(C)C)C2)C1. The number of ether oxygens (including phenoxy) is 1. The molecule has 3 rings (SSSR count). The summed E-state index contributed by atoms with van der Waals surface area (Å²) in [5, 5.41) is 0. The van der Waals surface area contributed by atoms with E-state index in [1.54, 1.807) is 9.21 Å². The number of carbonyl (C=O) groups excluding carboxylic acids is 1. The van der Waals surface area contributed by atoms with Gasteiger partial charge in [-0.25, -0.2) is 4.79 Å². The van der Waals surface area contributed by atoms with E-state index in [-0.39, 0.29) is 23.6 Å². The van der Waals surface area contributed by atoms with Crippen molar-refractivity contribution in [3.63, 3.8) is 0 Å². The molecule has 2 aliphatic heterocycles. The summed E-state index contributed by atoms with van der Waals surface area (Å²) in [7, 11) is -3.55. The molecular weight excluding hydrogens is 414 g/mol. The third kappa shape index (κ3) is 6.35. The van der Waals surface area contributed by atoms with Crippen molar-refractivity contribution in [1.82, 2.24) is 13.5 Å². The second kappa shape index (κ2) is 9.56. The van der Waals surface area contributed by atoms with Crippen molar-refractivity contribution < 1.29 is 17.9 Å². The van der Waals surface area contributed by atoms with Crippen LogP contribution in [0.4, 0.5) is 4.79 Å². The maximum absolute atomic E-state index is 13.8. The number of amides is 1. The molecule has 3 fully saturated rings. The molecule has 0 aromatic carbocycles. The zero-order chi connectivity index (χ0) is 22.9. The summed E-state index contributed by atoms with van der Waals surface area (Å²) in [6, 6.07) is -0.0931. The molecule has 0 N–H and O–H groups in total. The maximum Gasteiger partial charge on any atom is 0.410 e. The van der Waals surface area contributed by atoms with Crippen LogP contribution in [0, 0.1) is 5.41 Å². The van der Waals surface area contributed by atoms with Gasteiger partial charge in [0.1, 0.15) is 5.60 Å². The molecule has 8 heteroatoms. The Bertz CT molecular complexity index is 722. The summed E-state index contributed by atoms with van der Waals surface area (Å²) in [6.07, 6.45) is 9.36. The van der Waals surface area contributed by atoms with Crippen LogP contribution in [0.1, 0.15) is 92.4 Å². The lowest BCUT2D eigenvalue weighted by molar-refractivity contribution is 0.0279. The Kier molecular flexibility index (Phi) is 7.64. The standard InChI is InChI=1S/C23H43N3O4S/c1-22(2,3)30-21(27)24-15-14-20(16-24)26-18-23(4,5)17-25(31(26,28)29)19-12-10-8-6-7-9-11-13-19/h19-20H,6-18H2,1-5H3/t20-/m1/s1. The molecule has 7 nitrogen and oxygen atoms in total. The molecule has 1 aliphatic carbocycles. The number of rotatable bonds is 2. The molecule has 0 spiro atoms. The minimum Gasteiger partial charge on any atom is -0.444 e. The third-order valence-electron chi connectivity index (χ3n) is 6.71. The highest BCUT2D eigenvalue weighted by Gasteiger charge is 2.49. The van der Waals surface area contributed by atoms with E-state index in [2.05, 4.69) is 13.8 Å². The van der Waals surface area contributed by atoms with Crippen LogP contribution in [0.15, 0.2) is 0 Å². The average molecular weight is 458 g/mol. The van der Waals surface area contributed by atoms with Crippen molar-refractivity contribution in [3.8, 4) is 0 Å². The van der Waals surface area contributed by atoms with E-state index < -0.39 is 15.8 Å². The molecule has 0 aromatic rings. The van der Waals surface area contributed by atoms with E-state index in [1.165, 1.54) is 25.7 Å². The summed E-state index contributed by atoms with van der Waals surface area (Å²) in [5.41, 5.74) is -0.675. The highest BCUT2D eigenvalue weighted by molar-refractivity contribution is 7.86. The lowest BCUT2D eigenvalue weighted by atomic mass is 9.91. The van der Waals surface area contributed by atoms with Gasteiger partial charge in [0.2, 0.25) is 0 Å². The maximum atomic E-state index is 13.8. The van der Waals surface area contributed by atoms with Crippen molar-refractivity contribution in [2.45, 2.75) is 110 Å². The first-order valence-electron chi connectivity index (χ1n) is 12.2. The zero-order valence-electron chi connectivity index (χ0n) is 20.2. The fourth-order valence-corrected chi connectivity index (χ4v) is 7.63. The van der Waals surface area contributed by atoms with Crippen molar-refractivity contribution >= 4 is 16.3 Å². The minimum absolute atomic E-state index is 0.0912. The zero-order valence-corrected chi connectivity index (χ0v) is 21.0. The van der Waals surface area contributed by atoms with E-state index in [1.807, 2.05) is 25.1 Å². The first kappa shape index (κ1) is 24.8. The number of likely N-dealkylation sites (tertiary alicyclic amines) is 1. The third-order valence-corrected chi connectivity index (χ3v) is 8.75. The Hall–Kier alpha value is -0.860. The Balaban J connectivity index is 1.76. The molecule has 31 heavy (non-hydrogen) atoms. The van der Waals surface area contributed by atoms with E-state index in [4.69, 9.17) is 4.74 Å². The summed E-state index contributed by atoms with van der Waals surface area (Å²) >= 11 is 0. The van der Waals surface area contributed by atoms with Gasteiger partial charge in [-0.15, -0.1) is 0 Å². The fourth-order valence-electron chi connectivity index (χ4n) is 5.20. The van der Waals surface area contributed by atoms with Gasteiger partial charge in [-0.3, -0.25) is 0 Å². The van der Waals surface area contributed by atoms with Crippen LogP contribution in [0.3, 0.4) is 0 Å². The number of hydrogen-bond acceptors (Lipinski definition) is 4. The summed E-state index contributed by atoms with van der Waals surface area (Å²) in [5.74, 6) is 0. The quantitative estimate of drug-likeness (QED) is 0.617. The number of nitrogens with zero attached hydrogens (tertiary/aromatic N) is 3. The van der Waals surface area contributed by atoms with Crippen LogP contribution in [-0.2, 0) is 14.9 Å². The van der Waals surface area contributed by atoms with Crippen LogP contribution in [0.5, 0.6) is 0 Å². The van der Waals surface area contributed by atoms with E-state index in [0.717, 1.165) is 25.7 Å². The molecule has 0 bridgehead atoms. The molecule has 0 radical (unpaired) electrons. The van der Waals surface area contributed by atoms with Crippen LogP contribution < -0.4 is 0 Å². The van der Waals surface area contributed by atoms with Crippen molar-refractivity contribution in [1.29, 1.82) is 0 Å². The van der Waals surface area contributed by atoms with Crippen LogP contribution in [0.25, 0.3) is 0 Å². The first-order valence-corrected chi connectivity index (χ1v) is 13.6. The molecule has 1 atom stereocenters. The molecule has 0 unspecified atom stereocenters. The Morgan fingerprint density at radius 1 is 0.871 bits per heavy atom. The molecule has 180 valence electrons. The van der Waals surface area contributed by atoms with Crippen LogP contribution in [0.2, 0.25) is 0 Å². The van der Waals surface area contributed by atoms with Crippen molar-refractivity contribution in [3.05, 3.63) is 0 Å². The normalized spacial score (nSPS) is 29.2. The van der Waals surface area contributed by atoms with Gasteiger partial charge in [0.05, 0.1) is 0 Å². The first-order chi connectivity index (χ1) is 14.4. The predicted molar refractivity (Wildman–Crippen MR) is 123 cm³/mol. The summed E-state index contributed by atoms with van der Waals surface area (Å²) in [6.45, 7) is 11.9. The highest BCUT2D eigenvalue weighted by atomic mass is 32.2. The van der Waals surface area contributed by atoms with Gasteiger partial charge in [0.25, 0.3) is 10.2 Å². The molecule has 0 aromatic heterocycles. The number of hydrogen-bond donors (Lipinski definition) is 0. The van der Waals surface area contributed by atoms with Gasteiger partial charge < -0.3 is 9.64 Å². The molecular formula is C23H43N3O4S. The van der Waals surface area contributed by atoms with Gasteiger partial charge in [0, 0.05) is 38.3 Å². The average Bonchev–Trinajstić information content (AvgIpc) is 3.16. The lowest BCUT2D eigenvalue weighted by Gasteiger charge is -2.48. The Morgan fingerprint density at radius 2 is 1.39 bits per heavy atom. The van der Waals surface area contributed by atoms with E-state index in [9.17, 15) is 13.2 Å². The predicted octanol–water partition coefficient (Wildman–Crippen LogP) is 4.39. The van der Waals surface area contributed by atoms with Crippen LogP contribution >= 0.6 is 0 Å². The van der Waals surface area contributed by atoms with Gasteiger partial charge in [-0.2, -0.15) is 17.0 Å².